The third-order valence-corrected chi connectivity index (χ3v) is 0.647. The molecule has 0 saturated carbocycles. The normalized spacial score (nSPS) is 15.2. The molecule has 1 rings (SSSR count). The SMILES string of the molecule is O=C=[C]C1=COCO1. The molecule has 0 fully saturated rings. The van der Waals surface area contributed by atoms with Crippen LogP contribution in [-0.2, 0) is 14.3 Å². The van der Waals surface area contributed by atoms with E-state index in [4.69, 9.17) is 0 Å². The van der Waals surface area contributed by atoms with Gasteiger partial charge in [-0.2, -0.15) is 0 Å². The van der Waals surface area contributed by atoms with E-state index in [0.29, 0.717) is 5.76 Å². The van der Waals surface area contributed by atoms with Gasteiger partial charge in [-0.1, -0.05) is 0 Å². The fraction of sp³-hybridized carbons (Fsp3) is 0.200. The lowest BCUT2D eigenvalue weighted by molar-refractivity contribution is 0.0838. The Labute approximate surface area is 46.2 Å². The van der Waals surface area contributed by atoms with Crippen molar-refractivity contribution in [3.63, 3.8) is 0 Å². The molecule has 1 heterocycles. The predicted octanol–water partition coefficient (Wildman–Crippen LogP) is 0.0231. The third-order valence-electron chi connectivity index (χ3n) is 0.647. The third kappa shape index (κ3) is 0.891. The van der Waals surface area contributed by atoms with Gasteiger partial charge in [-0.25, -0.2) is 4.79 Å². The summed E-state index contributed by atoms with van der Waals surface area (Å²) in [6.45, 7) is 0.171. The van der Waals surface area contributed by atoms with Gasteiger partial charge >= 0.3 is 0 Å². The fourth-order valence-corrected chi connectivity index (χ4v) is 0.357. The zero-order chi connectivity index (χ0) is 5.82. The van der Waals surface area contributed by atoms with E-state index >= 15 is 0 Å². The van der Waals surface area contributed by atoms with Crippen LogP contribution < -0.4 is 0 Å². The number of rotatable bonds is 1. The summed E-state index contributed by atoms with van der Waals surface area (Å²) in [5.74, 6) is 1.74. The largest absolute Gasteiger partial charge is 0.461 e. The van der Waals surface area contributed by atoms with Crippen molar-refractivity contribution in [3.05, 3.63) is 18.1 Å². The molecular formula is C5H3O3. The molecule has 3 nitrogen and oxygen atoms in total. The summed E-state index contributed by atoms with van der Waals surface area (Å²) in [4.78, 5) is 9.55. The second-order valence-electron chi connectivity index (χ2n) is 1.14. The van der Waals surface area contributed by atoms with E-state index < -0.39 is 0 Å². The van der Waals surface area contributed by atoms with E-state index in [1.807, 2.05) is 0 Å². The lowest BCUT2D eigenvalue weighted by Crippen LogP contribution is -1.81. The van der Waals surface area contributed by atoms with Gasteiger partial charge in [0.15, 0.2) is 5.76 Å². The van der Waals surface area contributed by atoms with Gasteiger partial charge in [0.05, 0.1) is 0 Å². The van der Waals surface area contributed by atoms with Crippen molar-refractivity contribution >= 4 is 5.94 Å². The molecule has 3 heteroatoms. The van der Waals surface area contributed by atoms with Crippen LogP contribution in [0.1, 0.15) is 0 Å². The molecule has 1 radical (unpaired) electrons. The van der Waals surface area contributed by atoms with Crippen molar-refractivity contribution in [2.75, 3.05) is 6.79 Å². The maximum absolute atomic E-state index is 9.55. The molecule has 0 aromatic rings. The lowest BCUT2D eigenvalue weighted by atomic mass is 10.5. The maximum Gasteiger partial charge on any atom is 0.230 e. The number of allylic oxidation sites excluding steroid dienone is 1. The minimum Gasteiger partial charge on any atom is -0.461 e. The first kappa shape index (κ1) is 4.94. The summed E-state index contributed by atoms with van der Waals surface area (Å²) < 4.78 is 9.24. The summed E-state index contributed by atoms with van der Waals surface area (Å²) in [7, 11) is 0. The van der Waals surface area contributed by atoms with E-state index in [0.717, 1.165) is 0 Å². The Kier molecular flexibility index (Phi) is 1.35. The number of hydrogen-bond donors (Lipinski definition) is 0. The van der Waals surface area contributed by atoms with E-state index in [-0.39, 0.29) is 6.79 Å². The van der Waals surface area contributed by atoms with Crippen LogP contribution in [0.15, 0.2) is 12.0 Å². The molecule has 0 bridgehead atoms. The molecule has 8 heavy (non-hydrogen) atoms. The molecular weight excluding hydrogens is 108 g/mol. The molecule has 0 saturated heterocycles. The molecule has 1 aliphatic rings. The van der Waals surface area contributed by atoms with Gasteiger partial charge in [-0.05, 0) is 0 Å². The van der Waals surface area contributed by atoms with Gasteiger partial charge in [0.25, 0.3) is 0 Å². The molecule has 1 aliphatic heterocycles. The van der Waals surface area contributed by atoms with Crippen LogP contribution in [0.5, 0.6) is 0 Å². The fourth-order valence-electron chi connectivity index (χ4n) is 0.357. The van der Waals surface area contributed by atoms with Crippen molar-refractivity contribution < 1.29 is 14.3 Å². The highest BCUT2D eigenvalue weighted by Crippen LogP contribution is 2.03. The van der Waals surface area contributed by atoms with Crippen molar-refractivity contribution in [1.29, 1.82) is 0 Å². The van der Waals surface area contributed by atoms with Gasteiger partial charge in [0.1, 0.15) is 18.3 Å². The van der Waals surface area contributed by atoms with Crippen LogP contribution in [0.25, 0.3) is 0 Å². The summed E-state index contributed by atoms with van der Waals surface area (Å²) in [5, 5.41) is 0. The van der Waals surface area contributed by atoms with Crippen LogP contribution >= 0.6 is 0 Å². The minimum atomic E-state index is 0.171. The quantitative estimate of drug-likeness (QED) is 0.447. The van der Waals surface area contributed by atoms with Crippen molar-refractivity contribution in [2.45, 2.75) is 0 Å². The molecule has 41 valence electrons. The predicted molar refractivity (Wildman–Crippen MR) is 24.1 cm³/mol. The summed E-state index contributed by atoms with van der Waals surface area (Å²) in [5.41, 5.74) is 0. The van der Waals surface area contributed by atoms with Crippen LogP contribution in [0.3, 0.4) is 0 Å². The first-order valence-corrected chi connectivity index (χ1v) is 2.01. The zero-order valence-corrected chi connectivity index (χ0v) is 4.01. The van der Waals surface area contributed by atoms with E-state index in [9.17, 15) is 4.79 Å². The minimum absolute atomic E-state index is 0.171. The Bertz CT molecular complexity index is 153. The van der Waals surface area contributed by atoms with Crippen LogP contribution in [0.2, 0.25) is 0 Å². The Morgan fingerprint density at radius 2 is 2.62 bits per heavy atom. The zero-order valence-electron chi connectivity index (χ0n) is 4.01. The van der Waals surface area contributed by atoms with Crippen molar-refractivity contribution in [3.8, 4) is 0 Å². The highest BCUT2D eigenvalue weighted by atomic mass is 16.7. The van der Waals surface area contributed by atoms with Crippen LogP contribution in [-0.4, -0.2) is 12.7 Å². The van der Waals surface area contributed by atoms with E-state index in [1.54, 1.807) is 0 Å². The molecule has 0 spiro atoms. The standard InChI is InChI=1S/C5H3O3/c6-2-1-5-3-7-4-8-5/h3H,4H2. The van der Waals surface area contributed by atoms with Gasteiger partial charge < -0.3 is 9.47 Å². The Morgan fingerprint density at radius 3 is 3.12 bits per heavy atom. The Morgan fingerprint density at radius 1 is 1.75 bits per heavy atom. The summed E-state index contributed by atoms with van der Waals surface area (Å²) >= 11 is 0. The second-order valence-corrected chi connectivity index (χ2v) is 1.14. The Balaban J connectivity index is 2.57. The average Bonchev–Trinajstić information content (AvgIpc) is 2.19. The highest BCUT2D eigenvalue weighted by Gasteiger charge is 2.00. The second kappa shape index (κ2) is 2.19. The van der Waals surface area contributed by atoms with Crippen LogP contribution in [0, 0.1) is 6.08 Å². The van der Waals surface area contributed by atoms with Crippen LogP contribution in [0.4, 0.5) is 0 Å². The average molecular weight is 111 g/mol. The Hall–Kier alpha value is -1.21. The van der Waals surface area contributed by atoms with Gasteiger partial charge in [0.2, 0.25) is 6.79 Å². The first-order valence-electron chi connectivity index (χ1n) is 2.01. The van der Waals surface area contributed by atoms with Crippen molar-refractivity contribution in [2.24, 2.45) is 0 Å². The molecule has 0 aromatic carbocycles. The topological polar surface area (TPSA) is 35.5 Å². The van der Waals surface area contributed by atoms with E-state index in [2.05, 4.69) is 15.5 Å². The van der Waals surface area contributed by atoms with Gasteiger partial charge in [-0.15, -0.1) is 0 Å². The number of carbonyl (C=O) groups excluding carboxylic acids is 1. The van der Waals surface area contributed by atoms with Gasteiger partial charge in [0, 0.05) is 0 Å². The number of hydrogen-bond acceptors (Lipinski definition) is 3. The molecule has 0 amide bonds. The molecule has 0 unspecified atom stereocenters. The van der Waals surface area contributed by atoms with Gasteiger partial charge in [-0.3, -0.25) is 0 Å². The maximum atomic E-state index is 9.55. The molecule has 0 atom stereocenters. The number of ether oxygens (including phenoxy) is 2. The van der Waals surface area contributed by atoms with E-state index in [1.165, 1.54) is 12.2 Å². The summed E-state index contributed by atoms with van der Waals surface area (Å²) in [6.07, 6.45) is 3.46. The molecule has 0 N–H and O–H groups in total. The molecule has 0 aromatic heterocycles. The highest BCUT2D eigenvalue weighted by molar-refractivity contribution is 5.45. The van der Waals surface area contributed by atoms with Crippen molar-refractivity contribution in [1.82, 2.24) is 0 Å². The summed E-state index contributed by atoms with van der Waals surface area (Å²) in [6, 6.07) is 0. The first-order chi connectivity index (χ1) is 3.93. The lowest BCUT2D eigenvalue weighted by Gasteiger charge is -1.86. The molecule has 0 aliphatic carbocycles. The smallest absolute Gasteiger partial charge is 0.230 e. The monoisotopic (exact) mass is 111 g/mol.